The summed E-state index contributed by atoms with van der Waals surface area (Å²) < 4.78 is 14.9. The van der Waals surface area contributed by atoms with Crippen LogP contribution in [0.2, 0.25) is 0 Å². The molecule has 0 rings (SSSR count). The Bertz CT molecular complexity index is 207. The van der Waals surface area contributed by atoms with Crippen molar-refractivity contribution in [2.24, 2.45) is 5.41 Å². The normalized spacial score (nSPS) is 11.5. The van der Waals surface area contributed by atoms with Crippen LogP contribution in [0.1, 0.15) is 20.3 Å². The Kier molecular flexibility index (Phi) is 9.03. The molecule has 0 radical (unpaired) electrons. The van der Waals surface area contributed by atoms with Crippen molar-refractivity contribution in [1.29, 1.82) is 0 Å². The lowest BCUT2D eigenvalue weighted by Gasteiger charge is -2.21. The maximum Gasteiger partial charge on any atom is 0.312 e. The van der Waals surface area contributed by atoms with Gasteiger partial charge in [-0.05, 0) is 26.8 Å². The van der Waals surface area contributed by atoms with Gasteiger partial charge in [-0.15, -0.1) is 0 Å². The number of hydrogen-bond acceptors (Lipinski definition) is 5. The average Bonchev–Trinajstić information content (AvgIpc) is 2.31. The molecule has 0 bridgehead atoms. The highest BCUT2D eigenvalue weighted by Gasteiger charge is 2.27. The van der Waals surface area contributed by atoms with Crippen molar-refractivity contribution in [2.75, 3.05) is 47.1 Å². The lowest BCUT2D eigenvalue weighted by Crippen LogP contribution is -2.37. The third-order valence-electron chi connectivity index (χ3n) is 2.38. The number of rotatable bonds is 10. The summed E-state index contributed by atoms with van der Waals surface area (Å²) in [6.07, 6.45) is 0.918. The molecular weight excluding hydrogens is 222 g/mol. The van der Waals surface area contributed by atoms with E-state index in [-0.39, 0.29) is 5.97 Å². The van der Waals surface area contributed by atoms with Crippen molar-refractivity contribution in [3.63, 3.8) is 0 Å². The maximum atomic E-state index is 11.4. The topological polar surface area (TPSA) is 56.8 Å². The summed E-state index contributed by atoms with van der Waals surface area (Å²) in [7, 11) is 3.06. The van der Waals surface area contributed by atoms with Crippen LogP contribution >= 0.6 is 0 Å². The highest BCUT2D eigenvalue weighted by molar-refractivity contribution is 5.75. The van der Waals surface area contributed by atoms with Crippen LogP contribution in [0.15, 0.2) is 0 Å². The first-order valence-electron chi connectivity index (χ1n) is 5.90. The van der Waals surface area contributed by atoms with Gasteiger partial charge in [0.1, 0.15) is 0 Å². The zero-order valence-corrected chi connectivity index (χ0v) is 11.4. The average molecular weight is 247 g/mol. The Morgan fingerprint density at radius 1 is 1.18 bits per heavy atom. The SMILES string of the molecule is COCCOCCCNCC(C)(C)C(=O)OC. The fourth-order valence-corrected chi connectivity index (χ4v) is 1.29. The summed E-state index contributed by atoms with van der Waals surface area (Å²) in [4.78, 5) is 11.4. The lowest BCUT2D eigenvalue weighted by atomic mass is 9.94. The van der Waals surface area contributed by atoms with E-state index in [9.17, 15) is 4.79 Å². The summed E-state index contributed by atoms with van der Waals surface area (Å²) in [5.41, 5.74) is -0.480. The first-order valence-corrected chi connectivity index (χ1v) is 5.90. The van der Waals surface area contributed by atoms with Crippen LogP contribution in [0.25, 0.3) is 0 Å². The molecule has 17 heavy (non-hydrogen) atoms. The fourth-order valence-electron chi connectivity index (χ4n) is 1.29. The molecule has 5 nitrogen and oxygen atoms in total. The molecule has 5 heteroatoms. The predicted molar refractivity (Wildman–Crippen MR) is 66.0 cm³/mol. The summed E-state index contributed by atoms with van der Waals surface area (Å²) in [6, 6.07) is 0. The van der Waals surface area contributed by atoms with E-state index >= 15 is 0 Å². The van der Waals surface area contributed by atoms with E-state index in [2.05, 4.69) is 5.32 Å². The van der Waals surface area contributed by atoms with Gasteiger partial charge in [0, 0.05) is 20.3 Å². The number of esters is 1. The zero-order chi connectivity index (χ0) is 13.1. The molecule has 0 aromatic heterocycles. The minimum absolute atomic E-state index is 0.193. The van der Waals surface area contributed by atoms with Crippen LogP contribution in [0, 0.1) is 5.41 Å². The summed E-state index contributed by atoms with van der Waals surface area (Å²) in [5.74, 6) is -0.193. The number of ether oxygens (including phenoxy) is 3. The van der Waals surface area contributed by atoms with E-state index in [1.807, 2.05) is 13.8 Å². The Labute approximate surface area is 104 Å². The highest BCUT2D eigenvalue weighted by Crippen LogP contribution is 2.14. The third kappa shape index (κ3) is 8.12. The lowest BCUT2D eigenvalue weighted by molar-refractivity contribution is -0.150. The van der Waals surface area contributed by atoms with E-state index in [0.717, 1.165) is 13.0 Å². The summed E-state index contributed by atoms with van der Waals surface area (Å²) in [6.45, 7) is 7.12. The Balaban J connectivity index is 3.42. The monoisotopic (exact) mass is 247 g/mol. The van der Waals surface area contributed by atoms with Gasteiger partial charge in [-0.25, -0.2) is 0 Å². The van der Waals surface area contributed by atoms with Crippen LogP contribution in [-0.2, 0) is 19.0 Å². The van der Waals surface area contributed by atoms with E-state index in [1.54, 1.807) is 7.11 Å². The van der Waals surface area contributed by atoms with Crippen LogP contribution in [0.3, 0.4) is 0 Å². The smallest absolute Gasteiger partial charge is 0.312 e. The van der Waals surface area contributed by atoms with Crippen molar-refractivity contribution in [1.82, 2.24) is 5.32 Å². The molecule has 1 N–H and O–H groups in total. The van der Waals surface area contributed by atoms with Gasteiger partial charge in [0.25, 0.3) is 0 Å². The van der Waals surface area contributed by atoms with Crippen molar-refractivity contribution in [2.45, 2.75) is 20.3 Å². The van der Waals surface area contributed by atoms with Gasteiger partial charge in [0.05, 0.1) is 25.7 Å². The molecule has 0 atom stereocenters. The van der Waals surface area contributed by atoms with Gasteiger partial charge >= 0.3 is 5.97 Å². The number of nitrogens with one attached hydrogen (secondary N) is 1. The number of carbonyl (C=O) groups is 1. The molecule has 0 aliphatic heterocycles. The van der Waals surface area contributed by atoms with Gasteiger partial charge < -0.3 is 19.5 Å². The minimum atomic E-state index is -0.480. The predicted octanol–water partition coefficient (Wildman–Crippen LogP) is 0.828. The second-order valence-corrected chi connectivity index (χ2v) is 4.51. The quantitative estimate of drug-likeness (QED) is 0.458. The first-order chi connectivity index (χ1) is 8.04. The van der Waals surface area contributed by atoms with Gasteiger partial charge in [-0.3, -0.25) is 4.79 Å². The summed E-state index contributed by atoms with van der Waals surface area (Å²) in [5, 5.41) is 3.22. The molecule has 0 saturated heterocycles. The maximum absolute atomic E-state index is 11.4. The molecule has 0 aromatic rings. The Morgan fingerprint density at radius 2 is 1.88 bits per heavy atom. The van der Waals surface area contributed by atoms with E-state index in [0.29, 0.717) is 26.4 Å². The third-order valence-corrected chi connectivity index (χ3v) is 2.38. The molecule has 0 fully saturated rings. The van der Waals surface area contributed by atoms with Gasteiger partial charge in [-0.2, -0.15) is 0 Å². The molecule has 0 heterocycles. The van der Waals surface area contributed by atoms with E-state index < -0.39 is 5.41 Å². The minimum Gasteiger partial charge on any atom is -0.469 e. The fraction of sp³-hybridized carbons (Fsp3) is 0.917. The van der Waals surface area contributed by atoms with Crippen molar-refractivity contribution in [3.05, 3.63) is 0 Å². The molecular formula is C12H25NO4. The molecule has 0 aliphatic rings. The molecule has 0 unspecified atom stereocenters. The number of carbonyl (C=O) groups excluding carboxylic acids is 1. The zero-order valence-electron chi connectivity index (χ0n) is 11.4. The van der Waals surface area contributed by atoms with Gasteiger partial charge in [0.15, 0.2) is 0 Å². The van der Waals surface area contributed by atoms with E-state index in [1.165, 1.54) is 7.11 Å². The van der Waals surface area contributed by atoms with Crippen molar-refractivity contribution >= 4 is 5.97 Å². The molecule has 0 amide bonds. The second-order valence-electron chi connectivity index (χ2n) is 4.51. The van der Waals surface area contributed by atoms with Gasteiger partial charge in [-0.1, -0.05) is 0 Å². The van der Waals surface area contributed by atoms with Crippen LogP contribution in [-0.4, -0.2) is 53.1 Å². The Hall–Kier alpha value is -0.650. The van der Waals surface area contributed by atoms with Gasteiger partial charge in [0.2, 0.25) is 0 Å². The van der Waals surface area contributed by atoms with Crippen molar-refractivity contribution < 1.29 is 19.0 Å². The highest BCUT2D eigenvalue weighted by atomic mass is 16.5. The number of methoxy groups -OCH3 is 2. The molecule has 0 saturated carbocycles. The van der Waals surface area contributed by atoms with Crippen molar-refractivity contribution in [3.8, 4) is 0 Å². The molecule has 0 aromatic carbocycles. The largest absolute Gasteiger partial charge is 0.469 e. The number of hydrogen-bond donors (Lipinski definition) is 1. The van der Waals surface area contributed by atoms with Crippen LogP contribution < -0.4 is 5.32 Å². The second kappa shape index (κ2) is 9.39. The first kappa shape index (κ1) is 16.4. The van der Waals surface area contributed by atoms with Crippen LogP contribution in [0.5, 0.6) is 0 Å². The standard InChI is InChI=1S/C12H25NO4/c1-12(2,11(14)16-4)10-13-6-5-7-17-9-8-15-3/h13H,5-10H2,1-4H3. The molecule has 0 spiro atoms. The molecule has 102 valence electrons. The Morgan fingerprint density at radius 3 is 2.47 bits per heavy atom. The van der Waals surface area contributed by atoms with Crippen LogP contribution in [0.4, 0.5) is 0 Å². The van der Waals surface area contributed by atoms with E-state index in [4.69, 9.17) is 14.2 Å². The summed E-state index contributed by atoms with van der Waals surface area (Å²) >= 11 is 0. The molecule has 0 aliphatic carbocycles.